The number of urea groups is 1. The molecule has 3 aromatic rings. The second-order valence-corrected chi connectivity index (χ2v) is 8.10. The molecule has 0 saturated heterocycles. The summed E-state index contributed by atoms with van der Waals surface area (Å²) in [6, 6.07) is 21.8. The number of aryl methyl sites for hydroxylation is 1. The molecule has 3 rings (SSSR count). The van der Waals surface area contributed by atoms with Gasteiger partial charge in [-0.05, 0) is 48.9 Å². The highest BCUT2D eigenvalue weighted by atomic mass is 16.5. The van der Waals surface area contributed by atoms with Crippen molar-refractivity contribution < 1.29 is 29.0 Å². The molecule has 0 atom stereocenters. The number of carbonyl (C=O) groups is 4. The van der Waals surface area contributed by atoms with Crippen LogP contribution >= 0.6 is 0 Å². The van der Waals surface area contributed by atoms with Crippen molar-refractivity contribution in [2.24, 2.45) is 0 Å². The number of amides is 4. The second kappa shape index (κ2) is 12.7. The first-order valence-electron chi connectivity index (χ1n) is 11.4. The number of carboxylic acids is 1. The number of nitrogens with one attached hydrogen (secondary N) is 2. The Morgan fingerprint density at radius 1 is 0.892 bits per heavy atom. The zero-order valence-electron chi connectivity index (χ0n) is 20.5. The lowest BCUT2D eigenvalue weighted by Gasteiger charge is -2.27. The number of ether oxygens (including phenoxy) is 1. The minimum atomic E-state index is -1.19. The molecule has 0 fully saturated rings. The van der Waals surface area contributed by atoms with Gasteiger partial charge in [0.2, 0.25) is 11.8 Å². The SMILES string of the molecule is Cc1cccc(NC(=O)NCC(=O)N(CC(=O)N(C)c2ccccc2)c2ccccc2OCC(=O)O)c1. The van der Waals surface area contributed by atoms with E-state index in [0.29, 0.717) is 11.4 Å². The van der Waals surface area contributed by atoms with Crippen LogP contribution in [0.25, 0.3) is 0 Å². The van der Waals surface area contributed by atoms with Gasteiger partial charge in [-0.3, -0.25) is 14.5 Å². The number of nitrogens with zero attached hydrogens (tertiary/aromatic N) is 2. The lowest BCUT2D eigenvalue weighted by Crippen LogP contribution is -2.46. The Balaban J connectivity index is 1.79. The summed E-state index contributed by atoms with van der Waals surface area (Å²) in [5.74, 6) is -2.09. The van der Waals surface area contributed by atoms with Gasteiger partial charge in [-0.25, -0.2) is 9.59 Å². The zero-order valence-corrected chi connectivity index (χ0v) is 20.5. The summed E-state index contributed by atoms with van der Waals surface area (Å²) in [5, 5.41) is 14.2. The molecule has 0 radical (unpaired) electrons. The molecule has 0 aliphatic heterocycles. The predicted molar refractivity (Wildman–Crippen MR) is 140 cm³/mol. The smallest absolute Gasteiger partial charge is 0.341 e. The maximum absolute atomic E-state index is 13.3. The van der Waals surface area contributed by atoms with Crippen LogP contribution in [0, 0.1) is 6.92 Å². The minimum Gasteiger partial charge on any atom is -0.480 e. The van der Waals surface area contributed by atoms with Crippen LogP contribution in [-0.2, 0) is 14.4 Å². The van der Waals surface area contributed by atoms with Crippen molar-refractivity contribution in [1.82, 2.24) is 5.32 Å². The molecule has 0 aliphatic rings. The third kappa shape index (κ3) is 7.82. The summed E-state index contributed by atoms with van der Waals surface area (Å²) in [6.07, 6.45) is 0. The molecule has 37 heavy (non-hydrogen) atoms. The van der Waals surface area contributed by atoms with Gasteiger partial charge in [0.15, 0.2) is 6.61 Å². The molecule has 0 saturated carbocycles. The maximum atomic E-state index is 13.3. The molecule has 0 bridgehead atoms. The Bertz CT molecular complexity index is 1260. The molecule has 192 valence electrons. The Morgan fingerprint density at radius 3 is 2.30 bits per heavy atom. The molecule has 3 aromatic carbocycles. The van der Waals surface area contributed by atoms with Gasteiger partial charge in [-0.2, -0.15) is 0 Å². The summed E-state index contributed by atoms with van der Waals surface area (Å²) < 4.78 is 5.35. The molecule has 0 aromatic heterocycles. The van der Waals surface area contributed by atoms with E-state index in [4.69, 9.17) is 9.84 Å². The Morgan fingerprint density at radius 2 is 1.59 bits per heavy atom. The number of hydrogen-bond acceptors (Lipinski definition) is 5. The number of aliphatic carboxylic acids is 1. The van der Waals surface area contributed by atoms with E-state index in [1.165, 1.54) is 17.0 Å². The number of benzene rings is 3. The molecule has 3 N–H and O–H groups in total. The fraction of sp³-hybridized carbons (Fsp3) is 0.185. The van der Waals surface area contributed by atoms with Crippen LogP contribution in [-0.4, -0.2) is 55.7 Å². The summed E-state index contributed by atoms with van der Waals surface area (Å²) >= 11 is 0. The van der Waals surface area contributed by atoms with Crippen molar-refractivity contribution in [3.63, 3.8) is 0 Å². The number of hydrogen-bond donors (Lipinski definition) is 3. The van der Waals surface area contributed by atoms with Crippen molar-refractivity contribution in [3.8, 4) is 5.75 Å². The van der Waals surface area contributed by atoms with Crippen LogP contribution in [0.5, 0.6) is 5.75 Å². The highest BCUT2D eigenvalue weighted by Gasteiger charge is 2.25. The summed E-state index contributed by atoms with van der Waals surface area (Å²) in [5.41, 5.74) is 2.35. The van der Waals surface area contributed by atoms with Crippen LogP contribution in [0.3, 0.4) is 0 Å². The van der Waals surface area contributed by atoms with Gasteiger partial charge in [0.25, 0.3) is 0 Å². The normalized spacial score (nSPS) is 10.2. The fourth-order valence-electron chi connectivity index (χ4n) is 3.44. The molecule has 10 nitrogen and oxygen atoms in total. The predicted octanol–water partition coefficient (Wildman–Crippen LogP) is 3.28. The first-order chi connectivity index (χ1) is 17.7. The first kappa shape index (κ1) is 26.7. The van der Waals surface area contributed by atoms with E-state index in [1.807, 2.05) is 19.1 Å². The highest BCUT2D eigenvalue weighted by Crippen LogP contribution is 2.28. The number of anilines is 3. The lowest BCUT2D eigenvalue weighted by molar-refractivity contribution is -0.139. The zero-order chi connectivity index (χ0) is 26.8. The number of likely N-dealkylation sites (N-methyl/N-ethyl adjacent to an activating group) is 1. The van der Waals surface area contributed by atoms with Crippen molar-refractivity contribution in [1.29, 1.82) is 0 Å². The topological polar surface area (TPSA) is 128 Å². The molecule has 0 unspecified atom stereocenters. The quantitative estimate of drug-likeness (QED) is 0.389. The molecule has 4 amide bonds. The van der Waals surface area contributed by atoms with Gasteiger partial charge in [0.1, 0.15) is 12.3 Å². The van der Waals surface area contributed by atoms with Gasteiger partial charge in [0.05, 0.1) is 12.2 Å². The van der Waals surface area contributed by atoms with Crippen molar-refractivity contribution in [2.75, 3.05) is 41.9 Å². The second-order valence-electron chi connectivity index (χ2n) is 8.10. The van der Waals surface area contributed by atoms with E-state index in [0.717, 1.165) is 10.5 Å². The van der Waals surface area contributed by atoms with Crippen LogP contribution in [0.2, 0.25) is 0 Å². The number of carboxylic acid groups (broad SMARTS) is 1. The monoisotopic (exact) mass is 504 g/mol. The minimum absolute atomic E-state index is 0.109. The maximum Gasteiger partial charge on any atom is 0.341 e. The van der Waals surface area contributed by atoms with Crippen LogP contribution in [0.15, 0.2) is 78.9 Å². The average Bonchev–Trinajstić information content (AvgIpc) is 2.89. The van der Waals surface area contributed by atoms with Crippen molar-refractivity contribution in [2.45, 2.75) is 6.92 Å². The fourth-order valence-corrected chi connectivity index (χ4v) is 3.44. The third-order valence-electron chi connectivity index (χ3n) is 5.30. The van der Waals surface area contributed by atoms with Crippen LogP contribution < -0.4 is 25.2 Å². The third-order valence-corrected chi connectivity index (χ3v) is 5.30. The Hall–Kier alpha value is -4.86. The molecule has 0 aliphatic carbocycles. The van der Waals surface area contributed by atoms with E-state index in [9.17, 15) is 19.2 Å². The van der Waals surface area contributed by atoms with Crippen LogP contribution in [0.4, 0.5) is 21.9 Å². The van der Waals surface area contributed by atoms with Crippen LogP contribution in [0.1, 0.15) is 5.56 Å². The Kier molecular flexibility index (Phi) is 9.20. The van der Waals surface area contributed by atoms with E-state index in [-0.39, 0.29) is 18.0 Å². The van der Waals surface area contributed by atoms with E-state index in [2.05, 4.69) is 10.6 Å². The van der Waals surface area contributed by atoms with Crippen molar-refractivity contribution in [3.05, 3.63) is 84.4 Å². The average molecular weight is 505 g/mol. The van der Waals surface area contributed by atoms with Gasteiger partial charge >= 0.3 is 12.0 Å². The van der Waals surface area contributed by atoms with Gasteiger partial charge in [0, 0.05) is 18.4 Å². The molecule has 0 spiro atoms. The lowest BCUT2D eigenvalue weighted by atomic mass is 10.2. The first-order valence-corrected chi connectivity index (χ1v) is 11.4. The van der Waals surface area contributed by atoms with Gasteiger partial charge < -0.3 is 25.4 Å². The number of rotatable bonds is 10. The summed E-state index contributed by atoms with van der Waals surface area (Å²) in [6.45, 7) is 0.456. The molecular formula is C27H28N4O6. The van der Waals surface area contributed by atoms with E-state index >= 15 is 0 Å². The molecular weight excluding hydrogens is 476 g/mol. The molecule has 0 heterocycles. The van der Waals surface area contributed by atoms with E-state index in [1.54, 1.807) is 61.6 Å². The van der Waals surface area contributed by atoms with Gasteiger partial charge in [-0.15, -0.1) is 0 Å². The largest absolute Gasteiger partial charge is 0.480 e. The van der Waals surface area contributed by atoms with Crippen molar-refractivity contribution >= 4 is 40.9 Å². The summed E-state index contributed by atoms with van der Waals surface area (Å²) in [4.78, 5) is 52.4. The highest BCUT2D eigenvalue weighted by molar-refractivity contribution is 6.05. The number of carbonyl (C=O) groups excluding carboxylic acids is 3. The standard InChI is InChI=1S/C27H28N4O6/c1-19-9-8-10-20(15-19)29-27(36)28-16-24(32)31(17-25(33)30(2)21-11-4-3-5-12-21)22-13-6-7-14-23(22)37-18-26(34)35/h3-15H,16-18H2,1-2H3,(H,34,35)(H2,28,29,36). The Labute approximate surface area is 214 Å². The summed E-state index contributed by atoms with van der Waals surface area (Å²) in [7, 11) is 1.58. The number of para-hydroxylation sites is 3. The van der Waals surface area contributed by atoms with Gasteiger partial charge in [-0.1, -0.05) is 42.5 Å². The molecule has 10 heteroatoms. The van der Waals surface area contributed by atoms with E-state index < -0.39 is 37.0 Å².